The summed E-state index contributed by atoms with van der Waals surface area (Å²) in [5, 5.41) is 0. The predicted octanol–water partition coefficient (Wildman–Crippen LogP) is 24.2. The van der Waals surface area contributed by atoms with E-state index in [9.17, 15) is 0 Å². The van der Waals surface area contributed by atoms with Crippen LogP contribution in [-0.4, -0.2) is 0 Å². The highest BCUT2D eigenvalue weighted by molar-refractivity contribution is 9.10. The molecule has 15 rings (SSSR count). The molecule has 0 saturated carbocycles. The van der Waals surface area contributed by atoms with Gasteiger partial charge in [-0.3, -0.25) is 0 Å². The van der Waals surface area contributed by atoms with E-state index in [1.165, 1.54) is 122 Å². The average Bonchev–Trinajstić information content (AvgIpc) is 1.62. The Morgan fingerprint density at radius 2 is 0.391 bits per heavy atom. The first kappa shape index (κ1) is 53.7. The highest BCUT2D eigenvalue weighted by Crippen LogP contribution is 2.59. The molecule has 0 spiro atoms. The number of fused-ring (bicyclic) bond motifs is 3. The monoisotopic (exact) mass is 1230 g/mol. The number of hydrogen-bond acceptors (Lipinski definition) is 0. The van der Waals surface area contributed by atoms with Gasteiger partial charge >= 0.3 is 0 Å². The summed E-state index contributed by atoms with van der Waals surface area (Å²) >= 11 is 8.01. The van der Waals surface area contributed by atoms with Gasteiger partial charge in [0.1, 0.15) is 0 Å². The fraction of sp³-hybridized carbons (Fsp3) is 0.0118. The molecule has 410 valence electrons. The van der Waals surface area contributed by atoms with Gasteiger partial charge in [-0.2, -0.15) is 0 Å². The van der Waals surface area contributed by atoms with Crippen LogP contribution in [0.3, 0.4) is 0 Å². The van der Waals surface area contributed by atoms with Gasteiger partial charge in [-0.1, -0.05) is 335 Å². The average molecular weight is 1240 g/mol. The van der Waals surface area contributed by atoms with Crippen molar-refractivity contribution in [1.29, 1.82) is 0 Å². The van der Waals surface area contributed by atoms with Gasteiger partial charge in [-0.15, -0.1) is 0 Å². The minimum absolute atomic E-state index is 0.719. The van der Waals surface area contributed by atoms with E-state index in [0.29, 0.717) is 0 Å². The summed E-state index contributed by atoms with van der Waals surface area (Å²) in [5.41, 5.74) is 30.1. The maximum Gasteiger partial charge on any atom is 0.0714 e. The molecule has 0 saturated heterocycles. The minimum Gasteiger partial charge on any atom is -0.0622 e. The molecule has 0 aliphatic heterocycles. The van der Waals surface area contributed by atoms with Crippen molar-refractivity contribution in [3.8, 4) is 122 Å². The van der Waals surface area contributed by atoms with E-state index >= 15 is 0 Å². The second kappa shape index (κ2) is 23.1. The van der Waals surface area contributed by atoms with Crippen LogP contribution in [0.1, 0.15) is 22.3 Å². The van der Waals surface area contributed by atoms with Gasteiger partial charge in [-0.25, -0.2) is 0 Å². The van der Waals surface area contributed by atoms with Crippen molar-refractivity contribution in [3.05, 3.63) is 371 Å². The molecule has 0 nitrogen and oxygen atoms in total. The molecule has 0 radical (unpaired) electrons. The van der Waals surface area contributed by atoms with Gasteiger partial charge in [0.25, 0.3) is 0 Å². The lowest BCUT2D eigenvalue weighted by Gasteiger charge is -2.34. The van der Waals surface area contributed by atoms with Crippen molar-refractivity contribution >= 4 is 31.9 Å². The van der Waals surface area contributed by atoms with E-state index < -0.39 is 5.41 Å². The Bertz CT molecular complexity index is 4470. The molecule has 0 bridgehead atoms. The molecule has 0 fully saturated rings. The van der Waals surface area contributed by atoms with Gasteiger partial charge < -0.3 is 0 Å². The molecular weight excluding hydrogens is 1180 g/mol. The summed E-state index contributed by atoms with van der Waals surface area (Å²) in [5.74, 6) is 0. The largest absolute Gasteiger partial charge is 0.0714 e. The number of rotatable bonds is 12. The van der Waals surface area contributed by atoms with E-state index in [4.69, 9.17) is 0 Å². The summed E-state index contributed by atoms with van der Waals surface area (Å²) in [7, 11) is 0. The first-order valence-electron chi connectivity index (χ1n) is 29.7. The Morgan fingerprint density at radius 1 is 0.172 bits per heavy atom. The van der Waals surface area contributed by atoms with Crippen LogP contribution in [0.25, 0.3) is 122 Å². The summed E-state index contributed by atoms with van der Waals surface area (Å²) in [6.45, 7) is 0. The molecular formula is C85H56Br2. The van der Waals surface area contributed by atoms with Gasteiger partial charge in [0.15, 0.2) is 0 Å². The highest BCUT2D eigenvalue weighted by Gasteiger charge is 2.46. The Kier molecular flexibility index (Phi) is 14.3. The van der Waals surface area contributed by atoms with E-state index in [0.717, 1.165) is 31.2 Å². The quantitative estimate of drug-likeness (QED) is 0.114. The van der Waals surface area contributed by atoms with E-state index in [-0.39, 0.29) is 0 Å². The maximum absolute atomic E-state index is 4.01. The molecule has 0 heterocycles. The fourth-order valence-electron chi connectivity index (χ4n) is 13.8. The van der Waals surface area contributed by atoms with Crippen LogP contribution in [0.4, 0.5) is 0 Å². The minimum atomic E-state index is -0.719. The van der Waals surface area contributed by atoms with Gasteiger partial charge in [0.05, 0.1) is 5.41 Å². The van der Waals surface area contributed by atoms with E-state index in [2.05, 4.69) is 372 Å². The van der Waals surface area contributed by atoms with Crippen molar-refractivity contribution in [2.75, 3.05) is 0 Å². The lowest BCUT2D eigenvalue weighted by atomic mass is 9.67. The van der Waals surface area contributed by atoms with Crippen molar-refractivity contribution < 1.29 is 0 Å². The predicted molar refractivity (Wildman–Crippen MR) is 374 cm³/mol. The smallest absolute Gasteiger partial charge is 0.0622 e. The lowest BCUT2D eigenvalue weighted by Crippen LogP contribution is -2.28. The summed E-state index contributed by atoms with van der Waals surface area (Å²) < 4.78 is 2.07. The number of benzene rings is 14. The zero-order valence-electron chi connectivity index (χ0n) is 47.6. The molecule has 0 N–H and O–H groups in total. The molecule has 14 aromatic rings. The number of hydrogen-bond donors (Lipinski definition) is 0. The normalized spacial score (nSPS) is 12.1. The maximum atomic E-state index is 4.01. The summed E-state index contributed by atoms with van der Waals surface area (Å²) in [4.78, 5) is 0. The van der Waals surface area contributed by atoms with Crippen LogP contribution < -0.4 is 0 Å². The molecule has 0 aromatic heterocycles. The molecule has 0 atom stereocenters. The zero-order chi connectivity index (χ0) is 58.3. The van der Waals surface area contributed by atoms with Gasteiger partial charge in [-0.05, 0) is 181 Å². The van der Waals surface area contributed by atoms with Crippen LogP contribution >= 0.6 is 31.9 Å². The SMILES string of the molecule is Brc1ccc2c(c1)C(c1ccc(-c3cc(-c4ccccc4)c(-c4ccccc4)c(-c4ccccc4)c3-c3ccccc3)cc1)(c1ccc(-c3cc(-c4ccccc4)c(-c4ccccc4)c(-c4ccccc4)c3-c3ccccc3)cc1)c1cc(Br)ccc1-2. The molecule has 0 amide bonds. The van der Waals surface area contributed by atoms with Crippen LogP contribution in [-0.2, 0) is 5.41 Å². The molecule has 14 aromatic carbocycles. The topological polar surface area (TPSA) is 0 Å². The van der Waals surface area contributed by atoms with Gasteiger partial charge in [0.2, 0.25) is 0 Å². The van der Waals surface area contributed by atoms with Crippen LogP contribution in [0.15, 0.2) is 349 Å². The first-order chi connectivity index (χ1) is 43.0. The lowest BCUT2D eigenvalue weighted by molar-refractivity contribution is 0.767. The fourth-order valence-corrected chi connectivity index (χ4v) is 14.5. The Balaban J connectivity index is 0.979. The van der Waals surface area contributed by atoms with Gasteiger partial charge in [0, 0.05) is 8.95 Å². The summed E-state index contributed by atoms with van der Waals surface area (Å²) in [6, 6.07) is 125. The number of halogens is 2. The van der Waals surface area contributed by atoms with Crippen LogP contribution in [0, 0.1) is 0 Å². The molecule has 0 unspecified atom stereocenters. The van der Waals surface area contributed by atoms with E-state index in [1.54, 1.807) is 0 Å². The second-order valence-electron chi connectivity index (χ2n) is 22.4. The Morgan fingerprint density at radius 3 is 0.644 bits per heavy atom. The molecule has 2 heteroatoms. The van der Waals surface area contributed by atoms with Crippen molar-refractivity contribution in [2.45, 2.75) is 5.41 Å². The Hall–Kier alpha value is -9.96. The van der Waals surface area contributed by atoms with E-state index in [1.807, 2.05) is 0 Å². The Labute approximate surface area is 526 Å². The zero-order valence-corrected chi connectivity index (χ0v) is 50.8. The first-order valence-corrected chi connectivity index (χ1v) is 31.3. The highest BCUT2D eigenvalue weighted by atomic mass is 79.9. The third-order valence-electron chi connectivity index (χ3n) is 17.5. The standard InChI is InChI=1S/C85H56Br2/c86-69-49-51-71-72-52-50-70(87)54-78(72)85(77(71)53-69,67-45-41-59(42-46-67)75-55-73(57-25-9-1-10-26-57)79(61-29-13-3-14-30-61)83(65-37-21-7-22-38-65)81(75)63-33-17-5-18-34-63)68-47-43-60(44-48-68)76-56-74(58-27-11-2-12-28-58)80(62-31-15-4-16-32-62)84(66-39-23-8-24-40-66)82(76)64-35-19-6-20-36-64/h1-56H. The molecule has 1 aliphatic rings. The van der Waals surface area contributed by atoms with Crippen molar-refractivity contribution in [2.24, 2.45) is 0 Å². The molecule has 1 aliphatic carbocycles. The third-order valence-corrected chi connectivity index (χ3v) is 18.5. The van der Waals surface area contributed by atoms with Crippen molar-refractivity contribution in [3.63, 3.8) is 0 Å². The van der Waals surface area contributed by atoms with Crippen LogP contribution in [0.2, 0.25) is 0 Å². The third kappa shape index (κ3) is 9.63. The molecule has 87 heavy (non-hydrogen) atoms. The summed E-state index contributed by atoms with van der Waals surface area (Å²) in [6.07, 6.45) is 0. The van der Waals surface area contributed by atoms with Crippen LogP contribution in [0.5, 0.6) is 0 Å². The van der Waals surface area contributed by atoms with Crippen molar-refractivity contribution in [1.82, 2.24) is 0 Å². The second-order valence-corrected chi connectivity index (χ2v) is 24.2.